The number of amides is 1. The van der Waals surface area contributed by atoms with E-state index in [9.17, 15) is 4.79 Å². The van der Waals surface area contributed by atoms with Crippen molar-refractivity contribution in [2.24, 2.45) is 5.11 Å². The van der Waals surface area contributed by atoms with Crippen LogP contribution in [0.25, 0.3) is 10.4 Å². The quantitative estimate of drug-likeness (QED) is 0.466. The highest BCUT2D eigenvalue weighted by Crippen LogP contribution is 2.37. The molecule has 1 aliphatic heterocycles. The number of ether oxygens (including phenoxy) is 1. The van der Waals surface area contributed by atoms with Gasteiger partial charge in [-0.05, 0) is 28.8 Å². The number of benzene rings is 2. The molecule has 0 atom stereocenters. The SMILES string of the molecule is [N-]=[N+]=NC1(c2ccc(Cl)cc2)CN(C(=O)OCc2ccccc2)C1. The minimum absolute atomic E-state index is 0.214. The number of azide groups is 1. The van der Waals surface area contributed by atoms with Crippen LogP contribution in [-0.4, -0.2) is 24.1 Å². The zero-order chi connectivity index (χ0) is 17.0. The van der Waals surface area contributed by atoms with Crippen LogP contribution in [-0.2, 0) is 16.9 Å². The maximum absolute atomic E-state index is 12.1. The van der Waals surface area contributed by atoms with E-state index in [1.165, 1.54) is 4.90 Å². The van der Waals surface area contributed by atoms with E-state index < -0.39 is 11.6 Å². The predicted molar refractivity (Wildman–Crippen MR) is 90.5 cm³/mol. The van der Waals surface area contributed by atoms with Gasteiger partial charge in [-0.2, -0.15) is 0 Å². The van der Waals surface area contributed by atoms with Crippen molar-refractivity contribution in [1.82, 2.24) is 4.90 Å². The van der Waals surface area contributed by atoms with Crippen LogP contribution in [0.1, 0.15) is 11.1 Å². The van der Waals surface area contributed by atoms with Crippen LogP contribution in [0.2, 0.25) is 5.02 Å². The Balaban J connectivity index is 1.63. The van der Waals surface area contributed by atoms with Gasteiger partial charge in [0, 0.05) is 23.0 Å². The Labute approximate surface area is 144 Å². The van der Waals surface area contributed by atoms with Gasteiger partial charge in [0.25, 0.3) is 0 Å². The van der Waals surface area contributed by atoms with Gasteiger partial charge in [0.15, 0.2) is 0 Å². The summed E-state index contributed by atoms with van der Waals surface area (Å²) in [6, 6.07) is 16.6. The molecule has 122 valence electrons. The van der Waals surface area contributed by atoms with E-state index >= 15 is 0 Å². The van der Waals surface area contributed by atoms with Gasteiger partial charge in [-0.3, -0.25) is 0 Å². The van der Waals surface area contributed by atoms with Crippen LogP contribution in [0.3, 0.4) is 0 Å². The summed E-state index contributed by atoms with van der Waals surface area (Å²) in [6.45, 7) is 0.782. The molecule has 0 aliphatic carbocycles. The van der Waals surface area contributed by atoms with Crippen LogP contribution in [0.15, 0.2) is 59.7 Å². The van der Waals surface area contributed by atoms with E-state index in [1.54, 1.807) is 12.1 Å². The Morgan fingerprint density at radius 1 is 1.21 bits per heavy atom. The number of carbonyl (C=O) groups is 1. The van der Waals surface area contributed by atoms with Crippen LogP contribution >= 0.6 is 11.6 Å². The summed E-state index contributed by atoms with van der Waals surface area (Å²) < 4.78 is 5.29. The lowest BCUT2D eigenvalue weighted by Gasteiger charge is -2.46. The number of rotatable bonds is 4. The molecule has 1 amide bonds. The molecule has 0 radical (unpaired) electrons. The van der Waals surface area contributed by atoms with Gasteiger partial charge in [0.2, 0.25) is 0 Å². The number of nitrogens with zero attached hydrogens (tertiary/aromatic N) is 4. The molecule has 1 heterocycles. The Morgan fingerprint density at radius 3 is 2.50 bits per heavy atom. The molecule has 6 nitrogen and oxygen atoms in total. The van der Waals surface area contributed by atoms with E-state index in [4.69, 9.17) is 21.9 Å². The fourth-order valence-corrected chi connectivity index (χ4v) is 2.80. The van der Waals surface area contributed by atoms with E-state index in [0.717, 1.165) is 11.1 Å². The second kappa shape index (κ2) is 6.83. The first-order valence-electron chi connectivity index (χ1n) is 7.41. The summed E-state index contributed by atoms with van der Waals surface area (Å²) in [6.07, 6.45) is -0.420. The highest BCUT2D eigenvalue weighted by Gasteiger charge is 2.46. The zero-order valence-electron chi connectivity index (χ0n) is 12.8. The van der Waals surface area contributed by atoms with Crippen molar-refractivity contribution in [1.29, 1.82) is 0 Å². The lowest BCUT2D eigenvalue weighted by Crippen LogP contribution is -2.60. The van der Waals surface area contributed by atoms with E-state index in [1.807, 2.05) is 42.5 Å². The smallest absolute Gasteiger partial charge is 0.410 e. The third-order valence-electron chi connectivity index (χ3n) is 3.99. The van der Waals surface area contributed by atoms with Crippen molar-refractivity contribution in [3.8, 4) is 0 Å². The van der Waals surface area contributed by atoms with E-state index in [0.29, 0.717) is 5.02 Å². The first-order valence-corrected chi connectivity index (χ1v) is 7.79. The molecule has 0 unspecified atom stereocenters. The number of halogens is 1. The van der Waals surface area contributed by atoms with Crippen LogP contribution in [0, 0.1) is 0 Å². The molecule has 1 fully saturated rings. The summed E-state index contributed by atoms with van der Waals surface area (Å²) in [5, 5.41) is 4.51. The Bertz CT molecular complexity index is 767. The molecular weight excluding hydrogens is 328 g/mol. The standard InChI is InChI=1S/C17H15ClN4O2/c18-15-8-6-14(7-9-15)17(20-21-19)11-22(12-17)16(23)24-10-13-4-2-1-3-5-13/h1-9H,10-12H2. The van der Waals surface area contributed by atoms with Gasteiger partial charge < -0.3 is 9.64 Å². The Morgan fingerprint density at radius 2 is 1.88 bits per heavy atom. The predicted octanol–water partition coefficient (Wildman–Crippen LogP) is 4.50. The van der Waals surface area contributed by atoms with Gasteiger partial charge in [0.1, 0.15) is 12.1 Å². The van der Waals surface area contributed by atoms with Gasteiger partial charge in [-0.15, -0.1) is 0 Å². The van der Waals surface area contributed by atoms with E-state index in [-0.39, 0.29) is 19.7 Å². The highest BCUT2D eigenvalue weighted by molar-refractivity contribution is 6.30. The number of likely N-dealkylation sites (tertiary alicyclic amines) is 1. The second-order valence-corrected chi connectivity index (χ2v) is 6.06. The number of carbonyl (C=O) groups excluding carboxylic acids is 1. The fourth-order valence-electron chi connectivity index (χ4n) is 2.67. The van der Waals surface area contributed by atoms with Crippen LogP contribution < -0.4 is 0 Å². The molecule has 3 rings (SSSR count). The summed E-state index contributed by atoms with van der Waals surface area (Å²) in [7, 11) is 0. The van der Waals surface area contributed by atoms with Gasteiger partial charge >= 0.3 is 6.09 Å². The molecule has 0 N–H and O–H groups in total. The molecule has 1 aliphatic rings. The molecule has 2 aromatic rings. The van der Waals surface area contributed by atoms with Crippen molar-refractivity contribution < 1.29 is 9.53 Å². The zero-order valence-corrected chi connectivity index (χ0v) is 13.6. The first-order chi connectivity index (χ1) is 11.6. The maximum atomic E-state index is 12.1. The van der Waals surface area contributed by atoms with Crippen LogP contribution in [0.5, 0.6) is 0 Å². The second-order valence-electron chi connectivity index (χ2n) is 5.62. The third-order valence-corrected chi connectivity index (χ3v) is 4.24. The fraction of sp³-hybridized carbons (Fsp3) is 0.235. The minimum Gasteiger partial charge on any atom is -0.445 e. The molecule has 7 heteroatoms. The summed E-state index contributed by atoms with van der Waals surface area (Å²) in [5.74, 6) is 0. The minimum atomic E-state index is -0.759. The van der Waals surface area contributed by atoms with E-state index in [2.05, 4.69) is 10.0 Å². The van der Waals surface area contributed by atoms with Crippen molar-refractivity contribution >= 4 is 17.7 Å². The number of hydrogen-bond acceptors (Lipinski definition) is 3. The normalized spacial score (nSPS) is 15.1. The summed E-state index contributed by atoms with van der Waals surface area (Å²) in [5.41, 5.74) is 9.85. The molecule has 0 bridgehead atoms. The Kier molecular flexibility index (Phi) is 4.60. The topological polar surface area (TPSA) is 78.3 Å². The monoisotopic (exact) mass is 342 g/mol. The molecule has 0 spiro atoms. The van der Waals surface area contributed by atoms with Gasteiger partial charge in [-0.25, -0.2) is 4.79 Å². The Hall–Kier alpha value is -2.69. The first kappa shape index (κ1) is 16.2. The maximum Gasteiger partial charge on any atom is 0.410 e. The number of hydrogen-bond donors (Lipinski definition) is 0. The van der Waals surface area contributed by atoms with Crippen molar-refractivity contribution in [2.45, 2.75) is 12.1 Å². The lowest BCUT2D eigenvalue weighted by molar-refractivity contribution is 0.0355. The lowest BCUT2D eigenvalue weighted by atomic mass is 9.83. The van der Waals surface area contributed by atoms with Gasteiger partial charge in [-0.1, -0.05) is 59.2 Å². The van der Waals surface area contributed by atoms with Crippen LogP contribution in [0.4, 0.5) is 4.79 Å². The molecule has 2 aromatic carbocycles. The molecular formula is C17H15ClN4O2. The highest BCUT2D eigenvalue weighted by atomic mass is 35.5. The molecule has 0 aromatic heterocycles. The van der Waals surface area contributed by atoms with Crippen molar-refractivity contribution in [2.75, 3.05) is 13.1 Å². The largest absolute Gasteiger partial charge is 0.445 e. The van der Waals surface area contributed by atoms with Gasteiger partial charge in [0.05, 0.1) is 0 Å². The van der Waals surface area contributed by atoms with Crippen molar-refractivity contribution in [3.63, 3.8) is 0 Å². The summed E-state index contributed by atoms with van der Waals surface area (Å²) in [4.78, 5) is 16.6. The molecule has 24 heavy (non-hydrogen) atoms. The third kappa shape index (κ3) is 3.30. The average Bonchev–Trinajstić information content (AvgIpc) is 2.57. The van der Waals surface area contributed by atoms with Crippen molar-refractivity contribution in [3.05, 3.63) is 81.2 Å². The molecule has 1 saturated heterocycles. The molecule has 0 saturated carbocycles. The summed E-state index contributed by atoms with van der Waals surface area (Å²) >= 11 is 5.89. The average molecular weight is 343 g/mol.